The van der Waals surface area contributed by atoms with Gasteiger partial charge in [-0.05, 0) is 60.4 Å². The topological polar surface area (TPSA) is 127 Å². The summed E-state index contributed by atoms with van der Waals surface area (Å²) in [6, 6.07) is 19.5. The number of hydrogen-bond donors (Lipinski definition) is 4. The van der Waals surface area contributed by atoms with E-state index < -0.39 is 6.03 Å². The van der Waals surface area contributed by atoms with Crippen molar-refractivity contribution >= 4 is 34.9 Å². The summed E-state index contributed by atoms with van der Waals surface area (Å²) in [5.74, 6) is 0.0385. The maximum Gasteiger partial charge on any atom is 0.323 e. The van der Waals surface area contributed by atoms with Crippen LogP contribution in [0, 0.1) is 6.92 Å². The fourth-order valence-corrected chi connectivity index (χ4v) is 4.09. The molecule has 0 aromatic heterocycles. The molecular formula is C31H38N4O6. The molecule has 0 fully saturated rings. The maximum atomic E-state index is 12.7. The first-order valence-electron chi connectivity index (χ1n) is 13.4. The van der Waals surface area contributed by atoms with Crippen LogP contribution in [-0.4, -0.2) is 51.9 Å². The third-order valence-corrected chi connectivity index (χ3v) is 6.28. The lowest BCUT2D eigenvalue weighted by molar-refractivity contribution is -0.127. The number of amides is 4. The summed E-state index contributed by atoms with van der Waals surface area (Å²) < 4.78 is 15.6. The fraction of sp³-hybridized carbons (Fsp3) is 0.323. The highest BCUT2D eigenvalue weighted by Gasteiger charge is 2.14. The minimum Gasteiger partial charge on any atom is -0.495 e. The first-order valence-corrected chi connectivity index (χ1v) is 13.4. The summed E-state index contributed by atoms with van der Waals surface area (Å²) in [5.41, 5.74) is 4.43. The second-order valence-electron chi connectivity index (χ2n) is 9.35. The van der Waals surface area contributed by atoms with Crippen molar-refractivity contribution in [3.8, 4) is 5.75 Å². The van der Waals surface area contributed by atoms with Crippen LogP contribution in [0.2, 0.25) is 0 Å². The Morgan fingerprint density at radius 1 is 0.829 bits per heavy atom. The molecule has 4 N–H and O–H groups in total. The number of nitrogens with one attached hydrogen (secondary N) is 4. The predicted molar refractivity (Wildman–Crippen MR) is 159 cm³/mol. The van der Waals surface area contributed by atoms with Crippen molar-refractivity contribution in [1.82, 2.24) is 5.32 Å². The molecule has 10 heteroatoms. The van der Waals surface area contributed by atoms with Crippen LogP contribution in [0.5, 0.6) is 5.75 Å². The van der Waals surface area contributed by atoms with Crippen LogP contribution in [0.25, 0.3) is 0 Å². The molecule has 0 radical (unpaired) electrons. The lowest BCUT2D eigenvalue weighted by atomic mass is 10.0. The SMILES string of the molecule is CC[C@@H](NC(=O)COCCOC)c1ccc(NC(=O)Cc2ccc(NC(=O)Nc3ccccc3C)c(OC)c2)cc1. The molecule has 1 atom stereocenters. The summed E-state index contributed by atoms with van der Waals surface area (Å²) in [6.07, 6.45) is 0.820. The number of benzene rings is 3. The summed E-state index contributed by atoms with van der Waals surface area (Å²) in [4.78, 5) is 37.4. The third kappa shape index (κ3) is 9.93. The molecule has 4 amide bonds. The molecular weight excluding hydrogens is 524 g/mol. The highest BCUT2D eigenvalue weighted by molar-refractivity contribution is 6.01. The quantitative estimate of drug-likeness (QED) is 0.204. The summed E-state index contributed by atoms with van der Waals surface area (Å²) >= 11 is 0. The van der Waals surface area contributed by atoms with E-state index in [1.165, 1.54) is 7.11 Å². The standard InChI is InChI=1S/C31H38N4O6/c1-5-25(33-30(37)20-41-17-16-39-3)23-11-13-24(14-12-23)32-29(36)19-22-10-15-27(28(18-22)40-4)35-31(38)34-26-9-7-6-8-21(26)2/h6-15,18,25H,5,16-17,19-20H2,1-4H3,(H,32,36)(H,33,37)(H2,34,35,38)/t25-/m1/s1. The Morgan fingerprint density at radius 3 is 2.24 bits per heavy atom. The van der Waals surface area contributed by atoms with Crippen LogP contribution >= 0.6 is 0 Å². The molecule has 3 aromatic rings. The van der Waals surface area contributed by atoms with Crippen molar-refractivity contribution in [2.45, 2.75) is 32.7 Å². The summed E-state index contributed by atoms with van der Waals surface area (Å²) in [7, 11) is 3.08. The Kier molecular flexibility index (Phi) is 12.1. The molecule has 3 aromatic carbocycles. The molecule has 10 nitrogen and oxygen atoms in total. The fourth-order valence-electron chi connectivity index (χ4n) is 4.09. The predicted octanol–water partition coefficient (Wildman–Crippen LogP) is 5.06. The number of urea groups is 1. The van der Waals surface area contributed by atoms with Crippen molar-refractivity contribution in [2.24, 2.45) is 0 Å². The van der Waals surface area contributed by atoms with E-state index in [0.29, 0.717) is 42.4 Å². The first kappa shape index (κ1) is 31.1. The molecule has 0 aliphatic rings. The Hall–Kier alpha value is -4.41. The molecule has 3 rings (SSSR count). The van der Waals surface area contributed by atoms with Gasteiger partial charge in [-0.1, -0.05) is 43.3 Å². The van der Waals surface area contributed by atoms with Gasteiger partial charge in [0.05, 0.1) is 38.5 Å². The van der Waals surface area contributed by atoms with Gasteiger partial charge in [0.1, 0.15) is 12.4 Å². The number of carbonyl (C=O) groups excluding carboxylic acids is 3. The molecule has 0 bridgehead atoms. The van der Waals surface area contributed by atoms with Crippen LogP contribution in [0.3, 0.4) is 0 Å². The molecule has 0 aliphatic heterocycles. The van der Waals surface area contributed by atoms with Crippen LogP contribution in [0.4, 0.5) is 21.9 Å². The van der Waals surface area contributed by atoms with E-state index in [4.69, 9.17) is 14.2 Å². The van der Waals surface area contributed by atoms with Crippen LogP contribution < -0.4 is 26.0 Å². The van der Waals surface area contributed by atoms with E-state index in [1.54, 1.807) is 37.4 Å². The smallest absolute Gasteiger partial charge is 0.323 e. The number of ether oxygens (including phenoxy) is 3. The van der Waals surface area contributed by atoms with Crippen LogP contribution in [0.15, 0.2) is 66.7 Å². The number of aryl methyl sites for hydroxylation is 1. The molecule has 0 spiro atoms. The van der Waals surface area contributed by atoms with Crippen LogP contribution in [0.1, 0.15) is 36.1 Å². The number of anilines is 3. The average molecular weight is 563 g/mol. The number of methoxy groups -OCH3 is 2. The van der Waals surface area contributed by atoms with E-state index in [2.05, 4.69) is 21.3 Å². The molecule has 41 heavy (non-hydrogen) atoms. The largest absolute Gasteiger partial charge is 0.495 e. The van der Waals surface area contributed by atoms with Gasteiger partial charge >= 0.3 is 6.03 Å². The van der Waals surface area contributed by atoms with E-state index in [9.17, 15) is 14.4 Å². The summed E-state index contributed by atoms with van der Waals surface area (Å²) in [6.45, 7) is 4.65. The Morgan fingerprint density at radius 2 is 1.56 bits per heavy atom. The monoisotopic (exact) mass is 562 g/mol. The molecule has 0 unspecified atom stereocenters. The molecule has 0 saturated heterocycles. The van der Waals surface area contributed by atoms with Crippen molar-refractivity contribution in [3.05, 3.63) is 83.4 Å². The van der Waals surface area contributed by atoms with Crippen molar-refractivity contribution in [3.63, 3.8) is 0 Å². The zero-order valence-electron chi connectivity index (χ0n) is 23.9. The number of hydrogen-bond acceptors (Lipinski definition) is 6. The van der Waals surface area contributed by atoms with Crippen LogP contribution in [-0.2, 0) is 25.5 Å². The second-order valence-corrected chi connectivity index (χ2v) is 9.35. The number of carbonyl (C=O) groups is 3. The average Bonchev–Trinajstić information content (AvgIpc) is 2.96. The normalized spacial score (nSPS) is 11.3. The lowest BCUT2D eigenvalue weighted by Crippen LogP contribution is -2.31. The summed E-state index contributed by atoms with van der Waals surface area (Å²) in [5, 5.41) is 11.5. The van der Waals surface area contributed by atoms with E-state index in [1.807, 2.05) is 50.2 Å². The maximum absolute atomic E-state index is 12.7. The van der Waals surface area contributed by atoms with Gasteiger partial charge in [0.2, 0.25) is 11.8 Å². The number of rotatable bonds is 14. The molecule has 0 heterocycles. The van der Waals surface area contributed by atoms with Gasteiger partial charge in [0.25, 0.3) is 0 Å². The van der Waals surface area contributed by atoms with Gasteiger partial charge < -0.3 is 35.5 Å². The van der Waals surface area contributed by atoms with Gasteiger partial charge in [-0.2, -0.15) is 0 Å². The highest BCUT2D eigenvalue weighted by Crippen LogP contribution is 2.27. The van der Waals surface area contributed by atoms with Crippen molar-refractivity contribution < 1.29 is 28.6 Å². The van der Waals surface area contributed by atoms with E-state index in [-0.39, 0.29) is 30.9 Å². The van der Waals surface area contributed by atoms with Crippen molar-refractivity contribution in [1.29, 1.82) is 0 Å². The van der Waals surface area contributed by atoms with Gasteiger partial charge in [0, 0.05) is 18.5 Å². The van der Waals surface area contributed by atoms with E-state index in [0.717, 1.165) is 16.7 Å². The molecule has 0 aliphatic carbocycles. The minimum atomic E-state index is -0.396. The first-order chi connectivity index (χ1) is 19.8. The van der Waals surface area contributed by atoms with Gasteiger partial charge in [-0.3, -0.25) is 9.59 Å². The zero-order chi connectivity index (χ0) is 29.6. The Labute approximate surface area is 240 Å². The second kappa shape index (κ2) is 16.0. The Bertz CT molecular complexity index is 1310. The molecule has 218 valence electrons. The molecule has 0 saturated carbocycles. The zero-order valence-corrected chi connectivity index (χ0v) is 23.9. The van der Waals surface area contributed by atoms with Crippen molar-refractivity contribution in [2.75, 3.05) is 50.0 Å². The number of para-hydroxylation sites is 1. The van der Waals surface area contributed by atoms with E-state index >= 15 is 0 Å². The minimum absolute atomic E-state index is 0.0313. The van der Waals surface area contributed by atoms with Gasteiger partial charge in [-0.15, -0.1) is 0 Å². The van der Waals surface area contributed by atoms with Gasteiger partial charge in [0.15, 0.2) is 0 Å². The van der Waals surface area contributed by atoms with Gasteiger partial charge in [-0.25, -0.2) is 4.79 Å². The lowest BCUT2D eigenvalue weighted by Gasteiger charge is -2.18. The third-order valence-electron chi connectivity index (χ3n) is 6.28. The Balaban J connectivity index is 1.53. The highest BCUT2D eigenvalue weighted by atomic mass is 16.5.